The average molecular weight is 502 g/mol. The predicted molar refractivity (Wildman–Crippen MR) is 129 cm³/mol. The van der Waals surface area contributed by atoms with Gasteiger partial charge in [-0.25, -0.2) is 9.50 Å². The molecule has 2 aliphatic rings. The lowest BCUT2D eigenvalue weighted by molar-refractivity contribution is -0.274. The van der Waals surface area contributed by atoms with E-state index in [4.69, 9.17) is 0 Å². The average Bonchev–Trinajstić information content (AvgIpc) is 3.19. The van der Waals surface area contributed by atoms with Crippen molar-refractivity contribution in [3.8, 4) is 5.75 Å². The van der Waals surface area contributed by atoms with Crippen LogP contribution in [0.1, 0.15) is 54.4 Å². The minimum Gasteiger partial charge on any atom is -0.406 e. The smallest absolute Gasteiger partial charge is 0.406 e. The molecule has 1 aliphatic carbocycles. The number of ether oxygens (including phenoxy) is 1. The molecule has 7 nitrogen and oxygen atoms in total. The van der Waals surface area contributed by atoms with Crippen LogP contribution in [0.15, 0.2) is 36.5 Å². The number of halogens is 3. The summed E-state index contributed by atoms with van der Waals surface area (Å²) in [5.41, 5.74) is 3.96. The van der Waals surface area contributed by atoms with Gasteiger partial charge in [-0.3, -0.25) is 4.79 Å². The maximum absolute atomic E-state index is 13.0. The van der Waals surface area contributed by atoms with E-state index in [0.29, 0.717) is 35.5 Å². The molecule has 1 saturated carbocycles. The van der Waals surface area contributed by atoms with Crippen LogP contribution in [-0.2, 0) is 6.42 Å². The zero-order chi connectivity index (χ0) is 25.5. The van der Waals surface area contributed by atoms with Gasteiger partial charge < -0.3 is 15.0 Å². The highest BCUT2D eigenvalue weighted by Crippen LogP contribution is 2.52. The minimum atomic E-state index is -4.68. The number of piperidine rings is 1. The van der Waals surface area contributed by atoms with Crippen molar-refractivity contribution in [2.75, 3.05) is 24.5 Å². The van der Waals surface area contributed by atoms with Crippen LogP contribution >= 0.6 is 0 Å². The second-order valence-electron chi connectivity index (χ2n) is 10.0. The molecule has 5 rings (SSSR count). The molecule has 192 valence electrons. The summed E-state index contributed by atoms with van der Waals surface area (Å²) in [6, 6.07) is 7.96. The molecule has 1 N–H and O–H groups in total. The molecule has 1 saturated heterocycles. The molecule has 10 heteroatoms. The fourth-order valence-corrected chi connectivity index (χ4v) is 5.69. The molecular formula is C26H30F3N5O2. The molecule has 3 heterocycles. The zero-order valence-corrected chi connectivity index (χ0v) is 20.4. The minimum absolute atomic E-state index is 0.117. The van der Waals surface area contributed by atoms with Crippen LogP contribution in [0.2, 0.25) is 0 Å². The Morgan fingerprint density at radius 3 is 2.50 bits per heavy atom. The second kappa shape index (κ2) is 9.29. The summed E-state index contributed by atoms with van der Waals surface area (Å²) in [4.78, 5) is 19.8. The molecular weight excluding hydrogens is 471 g/mol. The van der Waals surface area contributed by atoms with E-state index >= 15 is 0 Å². The van der Waals surface area contributed by atoms with Gasteiger partial charge in [-0.2, -0.15) is 5.10 Å². The van der Waals surface area contributed by atoms with Crippen LogP contribution in [0.5, 0.6) is 5.75 Å². The number of carbonyl (C=O) groups is 1. The standard InChI is InChI=1S/C26H30F3N5O2/c1-3-21-22(23-31-17(2)8-11-34(23)32-21)24(35)30-16-18-14-25(15-18)9-12-33(13-10-25)19-4-6-20(7-5-19)36-26(27,28)29/h4-8,11,18H,3,9-10,12-16H2,1-2H3,(H,30,35). The Bertz CT molecular complexity index is 1240. The highest BCUT2D eigenvalue weighted by atomic mass is 19.4. The summed E-state index contributed by atoms with van der Waals surface area (Å²) >= 11 is 0. The Labute approximate surface area is 207 Å². The first-order valence-corrected chi connectivity index (χ1v) is 12.4. The number of nitrogens with one attached hydrogen (secondary N) is 1. The molecule has 2 aromatic heterocycles. The van der Waals surface area contributed by atoms with Crippen molar-refractivity contribution < 1.29 is 22.7 Å². The lowest BCUT2D eigenvalue weighted by Gasteiger charge is -2.52. The second-order valence-corrected chi connectivity index (χ2v) is 10.0. The normalized spacial score (nSPS) is 17.9. The third kappa shape index (κ3) is 4.99. The molecule has 1 amide bonds. The number of anilines is 1. The molecule has 1 spiro atoms. The number of alkyl halides is 3. The number of hydrogen-bond acceptors (Lipinski definition) is 5. The molecule has 2 fully saturated rings. The largest absolute Gasteiger partial charge is 0.573 e. The number of nitrogens with zero attached hydrogens (tertiary/aromatic N) is 4. The van der Waals surface area contributed by atoms with Crippen LogP contribution in [0, 0.1) is 18.3 Å². The Balaban J connectivity index is 1.12. The van der Waals surface area contributed by atoms with Crippen LogP contribution < -0.4 is 15.0 Å². The number of benzene rings is 1. The first kappa shape index (κ1) is 24.4. The van der Waals surface area contributed by atoms with Crippen molar-refractivity contribution in [3.63, 3.8) is 0 Å². The molecule has 0 atom stereocenters. The Hall–Kier alpha value is -3.30. The Morgan fingerprint density at radius 2 is 1.86 bits per heavy atom. The van der Waals surface area contributed by atoms with Crippen LogP contribution in [0.3, 0.4) is 0 Å². The van der Waals surface area contributed by atoms with Crippen LogP contribution in [0.4, 0.5) is 18.9 Å². The predicted octanol–water partition coefficient (Wildman–Crippen LogP) is 4.93. The maximum atomic E-state index is 13.0. The third-order valence-corrected chi connectivity index (χ3v) is 7.51. The van der Waals surface area contributed by atoms with E-state index in [-0.39, 0.29) is 11.7 Å². The molecule has 0 bridgehead atoms. The highest BCUT2D eigenvalue weighted by Gasteiger charge is 2.45. The molecule has 1 aliphatic heterocycles. The van der Waals surface area contributed by atoms with Gasteiger partial charge in [-0.05, 0) is 80.7 Å². The number of hydrogen-bond donors (Lipinski definition) is 1. The van der Waals surface area contributed by atoms with Crippen molar-refractivity contribution in [1.29, 1.82) is 0 Å². The molecule has 0 unspecified atom stereocenters. The number of carbonyl (C=O) groups excluding carboxylic acids is 1. The van der Waals surface area contributed by atoms with E-state index in [2.05, 4.69) is 25.0 Å². The van der Waals surface area contributed by atoms with E-state index in [9.17, 15) is 18.0 Å². The molecule has 36 heavy (non-hydrogen) atoms. The summed E-state index contributed by atoms with van der Waals surface area (Å²) in [6.45, 7) is 6.25. The summed E-state index contributed by atoms with van der Waals surface area (Å²) in [6.07, 6.45) is 2.04. The Morgan fingerprint density at radius 1 is 1.17 bits per heavy atom. The van der Waals surface area contributed by atoms with Crippen molar-refractivity contribution in [2.45, 2.75) is 52.3 Å². The quantitative estimate of drug-likeness (QED) is 0.519. The number of amides is 1. The zero-order valence-electron chi connectivity index (χ0n) is 20.4. The van der Waals surface area contributed by atoms with Gasteiger partial charge in [0.25, 0.3) is 5.91 Å². The third-order valence-electron chi connectivity index (χ3n) is 7.51. The van der Waals surface area contributed by atoms with Gasteiger partial charge in [0.05, 0.1) is 5.69 Å². The van der Waals surface area contributed by atoms with Crippen molar-refractivity contribution >= 4 is 17.2 Å². The van der Waals surface area contributed by atoms with Gasteiger partial charge in [-0.1, -0.05) is 6.92 Å². The van der Waals surface area contributed by atoms with Gasteiger partial charge >= 0.3 is 6.36 Å². The van der Waals surface area contributed by atoms with E-state index in [1.165, 1.54) is 12.1 Å². The highest BCUT2D eigenvalue weighted by molar-refractivity contribution is 6.01. The van der Waals surface area contributed by atoms with Crippen LogP contribution in [0.25, 0.3) is 5.65 Å². The summed E-state index contributed by atoms with van der Waals surface area (Å²) in [5.74, 6) is 0.124. The number of fused-ring (bicyclic) bond motifs is 1. The van der Waals surface area contributed by atoms with E-state index in [1.807, 2.05) is 26.1 Å². The van der Waals surface area contributed by atoms with Crippen molar-refractivity contribution in [2.24, 2.45) is 11.3 Å². The summed E-state index contributed by atoms with van der Waals surface area (Å²) in [5, 5.41) is 7.62. The number of rotatable bonds is 6. The van der Waals surface area contributed by atoms with E-state index < -0.39 is 6.36 Å². The monoisotopic (exact) mass is 501 g/mol. The molecule has 0 radical (unpaired) electrons. The first-order valence-electron chi connectivity index (χ1n) is 12.4. The van der Waals surface area contributed by atoms with Gasteiger partial charge in [0, 0.05) is 37.2 Å². The fraction of sp³-hybridized carbons (Fsp3) is 0.500. The van der Waals surface area contributed by atoms with E-state index in [1.54, 1.807) is 16.6 Å². The maximum Gasteiger partial charge on any atom is 0.573 e. The topological polar surface area (TPSA) is 71.8 Å². The fourth-order valence-electron chi connectivity index (χ4n) is 5.69. The first-order chi connectivity index (χ1) is 17.1. The van der Waals surface area contributed by atoms with Gasteiger partial charge in [-0.15, -0.1) is 13.2 Å². The van der Waals surface area contributed by atoms with Gasteiger partial charge in [0.1, 0.15) is 11.3 Å². The van der Waals surface area contributed by atoms with Crippen LogP contribution in [-0.4, -0.2) is 46.5 Å². The summed E-state index contributed by atoms with van der Waals surface area (Å²) < 4.78 is 42.8. The van der Waals surface area contributed by atoms with Gasteiger partial charge in [0.2, 0.25) is 0 Å². The van der Waals surface area contributed by atoms with Crippen molar-refractivity contribution in [1.82, 2.24) is 19.9 Å². The lowest BCUT2D eigenvalue weighted by Crippen LogP contribution is -2.49. The van der Waals surface area contributed by atoms with Crippen molar-refractivity contribution in [3.05, 3.63) is 53.5 Å². The molecule has 1 aromatic carbocycles. The van der Waals surface area contributed by atoms with Gasteiger partial charge in [0.15, 0.2) is 5.65 Å². The number of aromatic nitrogens is 3. The lowest BCUT2D eigenvalue weighted by atomic mass is 9.57. The summed E-state index contributed by atoms with van der Waals surface area (Å²) in [7, 11) is 0. The number of aryl methyl sites for hydroxylation is 2. The van der Waals surface area contributed by atoms with E-state index in [0.717, 1.165) is 55.8 Å². The Kier molecular flexibility index (Phi) is 6.30. The SMILES string of the molecule is CCc1nn2ccc(C)nc2c1C(=O)NCC1CC2(CCN(c3ccc(OC(F)(F)F)cc3)CC2)C1. The molecule has 3 aromatic rings.